The van der Waals surface area contributed by atoms with Crippen LogP contribution in [-0.4, -0.2) is 16.5 Å². The highest BCUT2D eigenvalue weighted by atomic mass is 32.2. The van der Waals surface area contributed by atoms with Gasteiger partial charge >= 0.3 is 5.63 Å². The maximum absolute atomic E-state index is 14.2. The summed E-state index contributed by atoms with van der Waals surface area (Å²) in [4.78, 5) is 26.4. The standard InChI is InChI=1S/C26H15F2NO6S/c27-14-7-5-13(6-8-14)11-29-17-10-19-18(33-12-34-19)9-15(17)23-21(25(29)31)22(30)24(26(32)35-23)36-20-4-2-1-3-16(20)28/h1-10,30H,11-12H2. The number of hydrogen-bond donors (Lipinski definition) is 1. The van der Waals surface area contributed by atoms with Gasteiger partial charge in [-0.1, -0.05) is 36.0 Å². The van der Waals surface area contributed by atoms with Crippen LogP contribution in [-0.2, 0) is 6.54 Å². The van der Waals surface area contributed by atoms with Crippen LogP contribution >= 0.6 is 11.8 Å². The summed E-state index contributed by atoms with van der Waals surface area (Å²) in [5.74, 6) is -0.865. The lowest BCUT2D eigenvalue weighted by atomic mass is 10.1. The number of aromatic nitrogens is 1. The van der Waals surface area contributed by atoms with Gasteiger partial charge < -0.3 is 23.6 Å². The van der Waals surface area contributed by atoms with Crippen LogP contribution in [0.4, 0.5) is 8.78 Å². The number of pyridine rings is 1. The zero-order valence-corrected chi connectivity index (χ0v) is 19.1. The number of fused-ring (bicyclic) bond motifs is 4. The highest BCUT2D eigenvalue weighted by Crippen LogP contribution is 2.41. The number of halogens is 2. The quantitative estimate of drug-likeness (QED) is 0.342. The fraction of sp³-hybridized carbons (Fsp3) is 0.0769. The molecule has 180 valence electrons. The minimum absolute atomic E-state index is 0.0234. The Morgan fingerprint density at radius 3 is 2.44 bits per heavy atom. The number of benzene rings is 3. The molecule has 0 aliphatic carbocycles. The maximum Gasteiger partial charge on any atom is 0.354 e. The van der Waals surface area contributed by atoms with E-state index in [1.807, 2.05) is 0 Å². The van der Waals surface area contributed by atoms with Crippen LogP contribution in [0.15, 0.2) is 84.5 Å². The third-order valence-corrected chi connectivity index (χ3v) is 6.96. The van der Waals surface area contributed by atoms with E-state index in [1.54, 1.807) is 18.2 Å². The minimum Gasteiger partial charge on any atom is -0.505 e. The molecule has 0 bridgehead atoms. The minimum atomic E-state index is -0.928. The van der Waals surface area contributed by atoms with Crippen molar-refractivity contribution in [1.82, 2.24) is 4.57 Å². The third kappa shape index (κ3) is 3.57. The predicted octanol–water partition coefficient (Wildman–Crippen LogP) is 5.02. The van der Waals surface area contributed by atoms with E-state index < -0.39 is 28.6 Å². The van der Waals surface area contributed by atoms with E-state index in [0.717, 1.165) is 0 Å². The number of hydrogen-bond acceptors (Lipinski definition) is 7. The van der Waals surface area contributed by atoms with Crippen molar-refractivity contribution in [1.29, 1.82) is 0 Å². The number of nitrogens with zero attached hydrogens (tertiary/aromatic N) is 1. The summed E-state index contributed by atoms with van der Waals surface area (Å²) in [6.45, 7) is 0.00393. The topological polar surface area (TPSA) is 90.9 Å². The summed E-state index contributed by atoms with van der Waals surface area (Å²) >= 11 is 0.662. The van der Waals surface area contributed by atoms with Gasteiger partial charge in [0.25, 0.3) is 5.56 Å². The smallest absolute Gasteiger partial charge is 0.354 e. The van der Waals surface area contributed by atoms with Gasteiger partial charge in [-0.3, -0.25) is 4.79 Å². The van der Waals surface area contributed by atoms with Crippen LogP contribution in [0.25, 0.3) is 21.9 Å². The van der Waals surface area contributed by atoms with Crippen molar-refractivity contribution in [2.24, 2.45) is 0 Å². The Morgan fingerprint density at radius 2 is 1.69 bits per heavy atom. The van der Waals surface area contributed by atoms with Crippen LogP contribution in [0.5, 0.6) is 17.2 Å². The van der Waals surface area contributed by atoms with Gasteiger partial charge in [0.05, 0.1) is 12.1 Å². The average molecular weight is 507 g/mol. The summed E-state index contributed by atoms with van der Waals surface area (Å²) in [7, 11) is 0. The first kappa shape index (κ1) is 22.2. The Labute approximate surface area is 205 Å². The molecule has 0 unspecified atom stereocenters. The van der Waals surface area contributed by atoms with Crippen LogP contribution in [0.3, 0.4) is 0 Å². The van der Waals surface area contributed by atoms with E-state index in [4.69, 9.17) is 13.9 Å². The van der Waals surface area contributed by atoms with E-state index in [9.17, 15) is 23.5 Å². The second kappa shape index (κ2) is 8.42. The molecule has 0 fully saturated rings. The highest BCUT2D eigenvalue weighted by Gasteiger charge is 2.25. The van der Waals surface area contributed by atoms with E-state index in [0.29, 0.717) is 39.7 Å². The lowest BCUT2D eigenvalue weighted by Crippen LogP contribution is -2.23. The van der Waals surface area contributed by atoms with Gasteiger partial charge in [-0.25, -0.2) is 13.6 Å². The SMILES string of the molecule is O=c1oc2c(c(O)c1Sc1ccccc1F)c(=O)n(Cc1ccc(F)cc1)c1cc3c(cc21)OCO3. The molecule has 3 heterocycles. The molecule has 0 radical (unpaired) electrons. The molecule has 0 atom stereocenters. The molecule has 6 rings (SSSR count). The van der Waals surface area contributed by atoms with Crippen LogP contribution < -0.4 is 20.7 Å². The Hall–Kier alpha value is -4.31. The first-order valence-corrected chi connectivity index (χ1v) is 11.5. The second-order valence-corrected chi connectivity index (χ2v) is 9.10. The Bertz CT molecular complexity index is 1800. The van der Waals surface area contributed by atoms with Crippen molar-refractivity contribution < 1.29 is 27.8 Å². The van der Waals surface area contributed by atoms with E-state index in [2.05, 4.69) is 0 Å². The normalized spacial score (nSPS) is 12.5. The highest BCUT2D eigenvalue weighted by molar-refractivity contribution is 7.99. The number of aromatic hydroxyl groups is 1. The fourth-order valence-corrected chi connectivity index (χ4v) is 4.99. The molecule has 5 aromatic rings. The van der Waals surface area contributed by atoms with Gasteiger partial charge in [0.2, 0.25) is 6.79 Å². The van der Waals surface area contributed by atoms with Crippen molar-refractivity contribution in [3.8, 4) is 17.2 Å². The molecule has 0 saturated heterocycles. The summed E-state index contributed by atoms with van der Waals surface area (Å²) in [5.41, 5.74) is -0.739. The molecule has 0 amide bonds. The number of rotatable bonds is 4. The molecule has 1 aliphatic heterocycles. The lowest BCUT2D eigenvalue weighted by Gasteiger charge is -2.15. The third-order valence-electron chi connectivity index (χ3n) is 5.85. The Kier molecular flexibility index (Phi) is 5.18. The Morgan fingerprint density at radius 1 is 0.972 bits per heavy atom. The van der Waals surface area contributed by atoms with Crippen molar-refractivity contribution in [2.75, 3.05) is 6.79 Å². The first-order chi connectivity index (χ1) is 17.4. The van der Waals surface area contributed by atoms with Crippen molar-refractivity contribution in [3.05, 3.63) is 98.6 Å². The monoisotopic (exact) mass is 507 g/mol. The molecule has 7 nitrogen and oxygen atoms in total. The first-order valence-electron chi connectivity index (χ1n) is 10.7. The molecule has 36 heavy (non-hydrogen) atoms. The molecular formula is C26H15F2NO6S. The molecule has 2 aromatic heterocycles. The van der Waals surface area contributed by atoms with Gasteiger partial charge in [-0.2, -0.15) is 0 Å². The molecule has 1 N–H and O–H groups in total. The number of ether oxygens (including phenoxy) is 2. The van der Waals surface area contributed by atoms with Gasteiger partial charge in [-0.15, -0.1) is 0 Å². The van der Waals surface area contributed by atoms with Crippen molar-refractivity contribution >= 4 is 33.6 Å². The fourth-order valence-electron chi connectivity index (χ4n) is 4.13. The van der Waals surface area contributed by atoms with Crippen LogP contribution in [0, 0.1) is 11.6 Å². The summed E-state index contributed by atoms with van der Waals surface area (Å²) < 4.78 is 45.5. The largest absolute Gasteiger partial charge is 0.505 e. The molecule has 3 aromatic carbocycles. The zero-order valence-electron chi connectivity index (χ0n) is 18.3. The van der Waals surface area contributed by atoms with Crippen molar-refractivity contribution in [2.45, 2.75) is 16.3 Å². The van der Waals surface area contributed by atoms with Crippen molar-refractivity contribution in [3.63, 3.8) is 0 Å². The van der Waals surface area contributed by atoms with Gasteiger partial charge in [0.15, 0.2) is 22.8 Å². The van der Waals surface area contributed by atoms with E-state index in [-0.39, 0.29) is 34.1 Å². The molecule has 0 saturated carbocycles. The predicted molar refractivity (Wildman–Crippen MR) is 128 cm³/mol. The molecular weight excluding hydrogens is 492 g/mol. The second-order valence-electron chi connectivity index (χ2n) is 8.04. The van der Waals surface area contributed by atoms with Crippen LogP contribution in [0.1, 0.15) is 5.56 Å². The summed E-state index contributed by atoms with van der Waals surface area (Å²) in [6, 6.07) is 14.5. The molecule has 0 spiro atoms. The average Bonchev–Trinajstić information content (AvgIpc) is 3.33. The Balaban J connectivity index is 1.65. The van der Waals surface area contributed by atoms with E-state index in [1.165, 1.54) is 47.0 Å². The molecule has 1 aliphatic rings. The lowest BCUT2D eigenvalue weighted by molar-refractivity contribution is 0.174. The zero-order chi connectivity index (χ0) is 25.0. The summed E-state index contributed by atoms with van der Waals surface area (Å²) in [6.07, 6.45) is 0. The van der Waals surface area contributed by atoms with E-state index >= 15 is 0 Å². The van der Waals surface area contributed by atoms with Gasteiger partial charge in [0.1, 0.15) is 21.9 Å². The van der Waals surface area contributed by atoms with Gasteiger partial charge in [-0.05, 0) is 35.9 Å². The molecule has 10 heteroatoms. The maximum atomic E-state index is 14.2. The summed E-state index contributed by atoms with van der Waals surface area (Å²) in [5, 5.41) is 11.2. The van der Waals surface area contributed by atoms with Gasteiger partial charge in [0, 0.05) is 16.3 Å². The van der Waals surface area contributed by atoms with Crippen LogP contribution in [0.2, 0.25) is 0 Å².